The zero-order valence-corrected chi connectivity index (χ0v) is 12.5. The lowest BCUT2D eigenvalue weighted by Crippen LogP contribution is -2.34. The summed E-state index contributed by atoms with van der Waals surface area (Å²) in [5.74, 6) is 1.76. The number of hydrogen-bond acceptors (Lipinski definition) is 5. The van der Waals surface area contributed by atoms with Crippen LogP contribution in [0.1, 0.15) is 24.8 Å². The third kappa shape index (κ3) is 2.84. The molecule has 0 radical (unpaired) electrons. The lowest BCUT2D eigenvalue weighted by molar-refractivity contribution is 0.123. The van der Waals surface area contributed by atoms with Gasteiger partial charge in [-0.15, -0.1) is 0 Å². The minimum atomic E-state index is 0.181. The van der Waals surface area contributed by atoms with E-state index in [4.69, 9.17) is 4.52 Å². The maximum atomic E-state index is 9.50. The Kier molecular flexibility index (Phi) is 4.03. The number of hydrogen-bond donors (Lipinski definition) is 1. The minimum absolute atomic E-state index is 0.181. The first-order valence-electron chi connectivity index (χ1n) is 7.42. The molecule has 1 aromatic carbocycles. The third-order valence-electron chi connectivity index (χ3n) is 4.38. The Hall–Kier alpha value is -1.72. The van der Waals surface area contributed by atoms with Gasteiger partial charge in [0.05, 0.1) is 13.2 Å². The number of aryl methyl sites for hydroxylation is 1. The summed E-state index contributed by atoms with van der Waals surface area (Å²) in [7, 11) is 0. The van der Waals surface area contributed by atoms with E-state index in [0.29, 0.717) is 24.2 Å². The SMILES string of the molecule is Cc1ccccc1-c1noc(CN2CCC(C)C2CO)n1. The molecular weight excluding hydrogens is 266 g/mol. The molecule has 5 heteroatoms. The van der Waals surface area contributed by atoms with Crippen LogP contribution >= 0.6 is 0 Å². The molecule has 0 spiro atoms. The largest absolute Gasteiger partial charge is 0.395 e. The Bertz CT molecular complexity index is 611. The zero-order chi connectivity index (χ0) is 14.8. The number of aliphatic hydroxyl groups excluding tert-OH is 1. The molecule has 1 saturated heterocycles. The summed E-state index contributed by atoms with van der Waals surface area (Å²) in [6.45, 7) is 5.96. The van der Waals surface area contributed by atoms with Crippen molar-refractivity contribution in [3.63, 3.8) is 0 Å². The number of aliphatic hydroxyl groups is 1. The molecule has 5 nitrogen and oxygen atoms in total. The second-order valence-corrected chi connectivity index (χ2v) is 5.81. The van der Waals surface area contributed by atoms with Crippen molar-refractivity contribution in [1.82, 2.24) is 15.0 Å². The van der Waals surface area contributed by atoms with Crippen LogP contribution in [-0.4, -0.2) is 39.3 Å². The van der Waals surface area contributed by atoms with E-state index in [-0.39, 0.29) is 12.6 Å². The standard InChI is InChI=1S/C16H21N3O2/c1-11-5-3-4-6-13(11)16-17-15(21-18-16)9-19-8-7-12(2)14(19)10-20/h3-6,12,14,20H,7-10H2,1-2H3. The first kappa shape index (κ1) is 14.2. The summed E-state index contributed by atoms with van der Waals surface area (Å²) in [5, 5.41) is 13.6. The molecule has 112 valence electrons. The van der Waals surface area contributed by atoms with Gasteiger partial charge in [-0.1, -0.05) is 36.3 Å². The van der Waals surface area contributed by atoms with Crippen LogP contribution in [0, 0.1) is 12.8 Å². The van der Waals surface area contributed by atoms with Gasteiger partial charge in [-0.2, -0.15) is 4.98 Å². The summed E-state index contributed by atoms with van der Waals surface area (Å²) in [6, 6.07) is 8.20. The second-order valence-electron chi connectivity index (χ2n) is 5.81. The normalized spacial score (nSPS) is 22.8. The van der Waals surface area contributed by atoms with Crippen molar-refractivity contribution in [3.8, 4) is 11.4 Å². The van der Waals surface area contributed by atoms with Crippen LogP contribution in [0.25, 0.3) is 11.4 Å². The smallest absolute Gasteiger partial charge is 0.241 e. The van der Waals surface area contributed by atoms with E-state index in [0.717, 1.165) is 24.1 Å². The Balaban J connectivity index is 1.76. The summed E-state index contributed by atoms with van der Waals surface area (Å²) < 4.78 is 5.38. The number of rotatable bonds is 4. The van der Waals surface area contributed by atoms with Crippen molar-refractivity contribution >= 4 is 0 Å². The number of aromatic nitrogens is 2. The maximum absolute atomic E-state index is 9.50. The van der Waals surface area contributed by atoms with Gasteiger partial charge in [0, 0.05) is 11.6 Å². The average molecular weight is 287 g/mol. The van der Waals surface area contributed by atoms with E-state index in [1.807, 2.05) is 31.2 Å². The predicted molar refractivity (Wildman–Crippen MR) is 79.5 cm³/mol. The van der Waals surface area contributed by atoms with Gasteiger partial charge in [-0.3, -0.25) is 4.90 Å². The van der Waals surface area contributed by atoms with Crippen LogP contribution in [0.5, 0.6) is 0 Å². The first-order chi connectivity index (χ1) is 10.2. The Morgan fingerprint density at radius 1 is 1.38 bits per heavy atom. The lowest BCUT2D eigenvalue weighted by atomic mass is 10.0. The molecule has 2 unspecified atom stereocenters. The molecule has 3 rings (SSSR count). The highest BCUT2D eigenvalue weighted by Crippen LogP contribution is 2.26. The molecular formula is C16H21N3O2. The van der Waals surface area contributed by atoms with Gasteiger partial charge in [0.2, 0.25) is 11.7 Å². The molecule has 0 bridgehead atoms. The molecule has 0 saturated carbocycles. The van der Waals surface area contributed by atoms with E-state index in [1.54, 1.807) is 0 Å². The van der Waals surface area contributed by atoms with Crippen LogP contribution in [-0.2, 0) is 6.54 Å². The van der Waals surface area contributed by atoms with Crippen LogP contribution in [0.15, 0.2) is 28.8 Å². The van der Waals surface area contributed by atoms with Gasteiger partial charge in [0.1, 0.15) is 0 Å². The number of benzene rings is 1. The predicted octanol–water partition coefficient (Wildman–Crippen LogP) is 2.25. The molecule has 21 heavy (non-hydrogen) atoms. The molecule has 1 N–H and O–H groups in total. The topological polar surface area (TPSA) is 62.4 Å². The molecule has 2 aromatic rings. The fraction of sp³-hybridized carbons (Fsp3) is 0.500. The van der Waals surface area contributed by atoms with Crippen molar-refractivity contribution in [2.75, 3.05) is 13.2 Å². The summed E-state index contributed by atoms with van der Waals surface area (Å²) in [6.07, 6.45) is 1.10. The molecule has 1 aliphatic heterocycles. The fourth-order valence-electron chi connectivity index (χ4n) is 3.01. The monoisotopic (exact) mass is 287 g/mol. The van der Waals surface area contributed by atoms with Crippen LogP contribution in [0.2, 0.25) is 0 Å². The van der Waals surface area contributed by atoms with Gasteiger partial charge in [0.15, 0.2) is 0 Å². The molecule has 0 aliphatic carbocycles. The van der Waals surface area contributed by atoms with E-state index in [2.05, 4.69) is 22.0 Å². The van der Waals surface area contributed by atoms with E-state index >= 15 is 0 Å². The van der Waals surface area contributed by atoms with Crippen molar-refractivity contribution in [1.29, 1.82) is 0 Å². The van der Waals surface area contributed by atoms with Crippen LogP contribution in [0.3, 0.4) is 0 Å². The molecule has 1 fully saturated rings. The zero-order valence-electron chi connectivity index (χ0n) is 12.5. The summed E-state index contributed by atoms with van der Waals surface area (Å²) in [4.78, 5) is 6.72. The highest BCUT2D eigenvalue weighted by Gasteiger charge is 2.31. The summed E-state index contributed by atoms with van der Waals surface area (Å²) in [5.41, 5.74) is 2.13. The Morgan fingerprint density at radius 2 is 2.19 bits per heavy atom. The van der Waals surface area contributed by atoms with Crippen molar-refractivity contribution in [2.24, 2.45) is 5.92 Å². The van der Waals surface area contributed by atoms with Crippen molar-refractivity contribution in [2.45, 2.75) is 32.9 Å². The van der Waals surface area contributed by atoms with Gasteiger partial charge >= 0.3 is 0 Å². The van der Waals surface area contributed by atoms with Crippen LogP contribution in [0.4, 0.5) is 0 Å². The van der Waals surface area contributed by atoms with Gasteiger partial charge in [-0.25, -0.2) is 0 Å². The Morgan fingerprint density at radius 3 is 2.95 bits per heavy atom. The molecule has 1 aromatic heterocycles. The van der Waals surface area contributed by atoms with E-state index < -0.39 is 0 Å². The third-order valence-corrected chi connectivity index (χ3v) is 4.38. The quantitative estimate of drug-likeness (QED) is 0.934. The maximum Gasteiger partial charge on any atom is 0.241 e. The molecule has 1 aliphatic rings. The minimum Gasteiger partial charge on any atom is -0.395 e. The molecule has 2 atom stereocenters. The first-order valence-corrected chi connectivity index (χ1v) is 7.42. The number of nitrogens with zero attached hydrogens (tertiary/aromatic N) is 3. The van der Waals surface area contributed by atoms with Gasteiger partial charge < -0.3 is 9.63 Å². The Labute approximate surface area is 124 Å². The fourth-order valence-corrected chi connectivity index (χ4v) is 3.01. The van der Waals surface area contributed by atoms with Crippen LogP contribution < -0.4 is 0 Å². The summed E-state index contributed by atoms with van der Waals surface area (Å²) >= 11 is 0. The van der Waals surface area contributed by atoms with Gasteiger partial charge in [0.25, 0.3) is 0 Å². The average Bonchev–Trinajstić information content (AvgIpc) is 3.07. The van der Waals surface area contributed by atoms with Gasteiger partial charge in [-0.05, 0) is 31.4 Å². The molecule has 0 amide bonds. The molecule has 2 heterocycles. The number of likely N-dealkylation sites (tertiary alicyclic amines) is 1. The van der Waals surface area contributed by atoms with Crippen molar-refractivity contribution < 1.29 is 9.63 Å². The lowest BCUT2D eigenvalue weighted by Gasteiger charge is -2.23. The highest BCUT2D eigenvalue weighted by atomic mass is 16.5. The van der Waals surface area contributed by atoms with E-state index in [1.165, 1.54) is 0 Å². The highest BCUT2D eigenvalue weighted by molar-refractivity contribution is 5.58. The van der Waals surface area contributed by atoms with E-state index in [9.17, 15) is 5.11 Å². The van der Waals surface area contributed by atoms with Crippen molar-refractivity contribution in [3.05, 3.63) is 35.7 Å². The second kappa shape index (κ2) is 5.95.